The first-order valence-electron chi connectivity index (χ1n) is 4.56. The van der Waals surface area contributed by atoms with Crippen LogP contribution in [0.15, 0.2) is 23.2 Å². The Balaban J connectivity index is 2.18. The summed E-state index contributed by atoms with van der Waals surface area (Å²) < 4.78 is 37.1. The van der Waals surface area contributed by atoms with E-state index in [1.54, 1.807) is 0 Å². The molecule has 2 aromatic heterocycles. The van der Waals surface area contributed by atoms with Crippen LogP contribution in [0, 0.1) is 0 Å². The van der Waals surface area contributed by atoms with Crippen LogP contribution in [0.3, 0.4) is 0 Å². The highest BCUT2D eigenvalue weighted by Gasteiger charge is 2.32. The third kappa shape index (κ3) is 2.80. The molecule has 2 aromatic rings. The molecule has 0 aliphatic rings. The van der Waals surface area contributed by atoms with E-state index in [1.807, 2.05) is 0 Å². The van der Waals surface area contributed by atoms with Crippen LogP contribution in [0.2, 0.25) is 0 Å². The van der Waals surface area contributed by atoms with Gasteiger partial charge in [-0.2, -0.15) is 13.2 Å². The van der Waals surface area contributed by atoms with E-state index in [0.29, 0.717) is 0 Å². The number of alkyl halides is 3. The quantitative estimate of drug-likeness (QED) is 0.911. The molecule has 0 aromatic carbocycles. The summed E-state index contributed by atoms with van der Waals surface area (Å²) in [6.45, 7) is 0. The molecular weight excluding hydrogens is 269 g/mol. The zero-order valence-electron chi connectivity index (χ0n) is 8.60. The fraction of sp³-hybridized carbons (Fsp3) is 0.111. The predicted molar refractivity (Wildman–Crippen MR) is 57.1 cm³/mol. The minimum Gasteiger partial charge on any atom is -0.289 e. The minimum absolute atomic E-state index is 0.0982. The monoisotopic (exact) mass is 274 g/mol. The molecule has 0 fully saturated rings. The Hall–Kier alpha value is -2.03. The number of hydrogen-bond acceptors (Lipinski definition) is 5. The number of thiazole rings is 1. The molecule has 0 unspecified atom stereocenters. The van der Waals surface area contributed by atoms with Crippen molar-refractivity contribution in [2.45, 2.75) is 6.18 Å². The van der Waals surface area contributed by atoms with Crippen LogP contribution >= 0.6 is 11.3 Å². The van der Waals surface area contributed by atoms with E-state index in [-0.39, 0.29) is 5.69 Å². The third-order valence-electron chi connectivity index (χ3n) is 1.84. The largest absolute Gasteiger partial charge is 0.433 e. The van der Waals surface area contributed by atoms with Gasteiger partial charge in [0, 0.05) is 11.6 Å². The molecule has 1 amide bonds. The molecule has 0 aliphatic carbocycles. The molecule has 0 radical (unpaired) electrons. The molecule has 0 atom stereocenters. The summed E-state index contributed by atoms with van der Waals surface area (Å²) in [6.07, 6.45) is -3.66. The summed E-state index contributed by atoms with van der Waals surface area (Å²) in [7, 11) is 0. The first kappa shape index (κ1) is 12.4. The van der Waals surface area contributed by atoms with Crippen molar-refractivity contribution in [3.8, 4) is 0 Å². The van der Waals surface area contributed by atoms with Gasteiger partial charge in [-0.1, -0.05) is 0 Å². The minimum atomic E-state index is -4.58. The van der Waals surface area contributed by atoms with Gasteiger partial charge >= 0.3 is 6.18 Å². The van der Waals surface area contributed by atoms with Crippen LogP contribution in [0.5, 0.6) is 0 Å². The van der Waals surface area contributed by atoms with E-state index in [9.17, 15) is 18.0 Å². The second-order valence-corrected chi connectivity index (χ2v) is 3.81. The number of amides is 1. The molecule has 2 rings (SSSR count). The maximum atomic E-state index is 12.4. The van der Waals surface area contributed by atoms with Gasteiger partial charge in [0.05, 0.1) is 5.51 Å². The number of halogens is 3. The first-order chi connectivity index (χ1) is 8.47. The fourth-order valence-corrected chi connectivity index (χ4v) is 1.60. The number of hydrogen-bond donors (Lipinski definition) is 1. The maximum Gasteiger partial charge on any atom is 0.433 e. The van der Waals surface area contributed by atoms with Crippen molar-refractivity contribution >= 4 is 23.2 Å². The molecule has 0 aliphatic heterocycles. The molecule has 0 bridgehead atoms. The number of carbonyl (C=O) groups is 1. The Morgan fingerprint density at radius 3 is 2.72 bits per heavy atom. The van der Waals surface area contributed by atoms with Crippen molar-refractivity contribution in [1.29, 1.82) is 0 Å². The van der Waals surface area contributed by atoms with Crippen molar-refractivity contribution in [2.24, 2.45) is 0 Å². The van der Waals surface area contributed by atoms with Crippen molar-refractivity contribution in [3.63, 3.8) is 0 Å². The Morgan fingerprint density at radius 2 is 2.11 bits per heavy atom. The standard InChI is InChI=1S/C9H5F3N4OS/c10-9(11,12)6-1-2-13-8(15-6)16-7(17)5-3-18-4-14-5/h1-4H,(H,13,15,16,17). The third-order valence-corrected chi connectivity index (χ3v) is 2.42. The maximum absolute atomic E-state index is 12.4. The van der Waals surface area contributed by atoms with E-state index in [0.717, 1.165) is 12.3 Å². The molecule has 9 heteroatoms. The highest BCUT2D eigenvalue weighted by atomic mass is 32.1. The number of carbonyl (C=O) groups excluding carboxylic acids is 1. The van der Waals surface area contributed by atoms with Crippen molar-refractivity contribution in [2.75, 3.05) is 5.32 Å². The van der Waals surface area contributed by atoms with Crippen molar-refractivity contribution in [1.82, 2.24) is 15.0 Å². The van der Waals surface area contributed by atoms with Gasteiger partial charge in [-0.15, -0.1) is 11.3 Å². The summed E-state index contributed by atoms with van der Waals surface area (Å²) in [5.74, 6) is -1.07. The second kappa shape index (κ2) is 4.69. The van der Waals surface area contributed by atoms with Gasteiger partial charge < -0.3 is 0 Å². The van der Waals surface area contributed by atoms with Crippen molar-refractivity contribution < 1.29 is 18.0 Å². The van der Waals surface area contributed by atoms with Crippen molar-refractivity contribution in [3.05, 3.63) is 34.5 Å². The number of anilines is 1. The van der Waals surface area contributed by atoms with Gasteiger partial charge in [0.25, 0.3) is 5.91 Å². The lowest BCUT2D eigenvalue weighted by Gasteiger charge is -2.06. The Morgan fingerprint density at radius 1 is 1.33 bits per heavy atom. The van der Waals surface area contributed by atoms with E-state index in [1.165, 1.54) is 22.2 Å². The molecule has 0 spiro atoms. The van der Waals surface area contributed by atoms with Gasteiger partial charge in [-0.25, -0.2) is 15.0 Å². The molecule has 94 valence electrons. The topological polar surface area (TPSA) is 67.8 Å². The Kier molecular flexibility index (Phi) is 3.24. The lowest BCUT2D eigenvalue weighted by molar-refractivity contribution is -0.141. The average Bonchev–Trinajstić information content (AvgIpc) is 2.81. The zero-order chi connectivity index (χ0) is 13.2. The van der Waals surface area contributed by atoms with Crippen LogP contribution in [-0.2, 0) is 6.18 Å². The molecular formula is C9H5F3N4OS. The summed E-state index contributed by atoms with van der Waals surface area (Å²) in [5, 5.41) is 3.60. The number of aromatic nitrogens is 3. The fourth-order valence-electron chi connectivity index (χ4n) is 1.07. The summed E-state index contributed by atoms with van der Waals surface area (Å²) in [6, 6.07) is 0.721. The molecule has 0 saturated heterocycles. The number of nitrogens with zero attached hydrogens (tertiary/aromatic N) is 3. The van der Waals surface area contributed by atoms with E-state index < -0.39 is 23.7 Å². The molecule has 1 N–H and O–H groups in total. The van der Waals surface area contributed by atoms with Gasteiger partial charge in [0.2, 0.25) is 5.95 Å². The summed E-state index contributed by atoms with van der Waals surface area (Å²) in [4.78, 5) is 22.0. The van der Waals surface area contributed by atoms with Crippen LogP contribution in [0.1, 0.15) is 16.2 Å². The smallest absolute Gasteiger partial charge is 0.289 e. The van der Waals surface area contributed by atoms with Crippen LogP contribution < -0.4 is 5.32 Å². The Bertz CT molecular complexity index is 555. The van der Waals surface area contributed by atoms with E-state index >= 15 is 0 Å². The average molecular weight is 274 g/mol. The number of nitrogens with one attached hydrogen (secondary N) is 1. The molecule has 0 saturated carbocycles. The predicted octanol–water partition coefficient (Wildman–Crippen LogP) is 2.20. The number of rotatable bonds is 2. The highest BCUT2D eigenvalue weighted by molar-refractivity contribution is 7.07. The summed E-state index contributed by atoms with van der Waals surface area (Å²) >= 11 is 1.19. The molecule has 18 heavy (non-hydrogen) atoms. The van der Waals surface area contributed by atoms with Gasteiger partial charge in [-0.3, -0.25) is 10.1 Å². The normalized spacial score (nSPS) is 11.3. The molecule has 2 heterocycles. The lowest BCUT2D eigenvalue weighted by atomic mass is 10.4. The Labute approximate surface area is 103 Å². The highest BCUT2D eigenvalue weighted by Crippen LogP contribution is 2.27. The van der Waals surface area contributed by atoms with E-state index in [2.05, 4.69) is 20.3 Å². The SMILES string of the molecule is O=C(Nc1nccc(C(F)(F)F)n1)c1cscn1. The van der Waals surface area contributed by atoms with Crippen LogP contribution in [0.25, 0.3) is 0 Å². The van der Waals surface area contributed by atoms with E-state index in [4.69, 9.17) is 0 Å². The van der Waals surface area contributed by atoms with Gasteiger partial charge in [0.15, 0.2) is 0 Å². The zero-order valence-corrected chi connectivity index (χ0v) is 9.42. The lowest BCUT2D eigenvalue weighted by Crippen LogP contribution is -2.16. The van der Waals surface area contributed by atoms with Crippen LogP contribution in [-0.4, -0.2) is 20.9 Å². The van der Waals surface area contributed by atoms with Gasteiger partial charge in [-0.05, 0) is 6.07 Å². The second-order valence-electron chi connectivity index (χ2n) is 3.09. The van der Waals surface area contributed by atoms with Crippen LogP contribution in [0.4, 0.5) is 19.1 Å². The first-order valence-corrected chi connectivity index (χ1v) is 5.51. The molecule has 5 nitrogen and oxygen atoms in total. The van der Waals surface area contributed by atoms with Gasteiger partial charge in [0.1, 0.15) is 11.4 Å². The summed E-state index contributed by atoms with van der Waals surface area (Å²) in [5.41, 5.74) is 0.411.